The molecule has 2 aliphatic heterocycles. The van der Waals surface area contributed by atoms with Crippen molar-refractivity contribution in [2.45, 2.75) is 45.3 Å². The summed E-state index contributed by atoms with van der Waals surface area (Å²) in [6, 6.07) is 14.1. The molecule has 1 fully saturated rings. The molecule has 0 bridgehead atoms. The zero-order chi connectivity index (χ0) is 22.0. The van der Waals surface area contributed by atoms with Gasteiger partial charge in [-0.25, -0.2) is 5.43 Å². The quantitative estimate of drug-likeness (QED) is 0.658. The fraction of sp³-hybridized carbons (Fsp3) is 0.333. The molecule has 2 amide bonds. The molecule has 6 nitrogen and oxygen atoms in total. The summed E-state index contributed by atoms with van der Waals surface area (Å²) in [6.07, 6.45) is 4.63. The Hall–Kier alpha value is -2.64. The number of halogens is 1. The van der Waals surface area contributed by atoms with E-state index in [0.717, 1.165) is 10.0 Å². The molecule has 4 rings (SSSR count). The van der Waals surface area contributed by atoms with Gasteiger partial charge >= 0.3 is 0 Å². The van der Waals surface area contributed by atoms with E-state index in [0.29, 0.717) is 19.5 Å². The lowest BCUT2D eigenvalue weighted by molar-refractivity contribution is -0.134. The normalized spacial score (nSPS) is 20.2. The average molecular weight is 483 g/mol. The highest BCUT2D eigenvalue weighted by molar-refractivity contribution is 9.10. The molecule has 7 heteroatoms. The van der Waals surface area contributed by atoms with Gasteiger partial charge in [-0.3, -0.25) is 9.59 Å². The van der Waals surface area contributed by atoms with Crippen LogP contribution < -0.4 is 10.7 Å². The Morgan fingerprint density at radius 2 is 1.90 bits per heavy atom. The Labute approximate surface area is 191 Å². The number of hydrogen-bond acceptors (Lipinski definition) is 4. The van der Waals surface area contributed by atoms with Crippen LogP contribution in [0, 0.1) is 13.8 Å². The molecule has 2 N–H and O–H groups in total. The number of carbonyl (C=O) groups is 2. The molecule has 2 unspecified atom stereocenters. The fourth-order valence-corrected chi connectivity index (χ4v) is 4.20. The molecule has 31 heavy (non-hydrogen) atoms. The van der Waals surface area contributed by atoms with Crippen molar-refractivity contribution in [1.29, 1.82) is 0 Å². The molecule has 0 aromatic heterocycles. The number of amides is 2. The van der Waals surface area contributed by atoms with E-state index in [-0.39, 0.29) is 30.3 Å². The van der Waals surface area contributed by atoms with Crippen LogP contribution in [0.3, 0.4) is 0 Å². The number of rotatable bonds is 6. The van der Waals surface area contributed by atoms with Gasteiger partial charge < -0.3 is 15.2 Å². The lowest BCUT2D eigenvalue weighted by Gasteiger charge is -2.31. The van der Waals surface area contributed by atoms with Crippen LogP contribution in [-0.4, -0.2) is 34.3 Å². The molecule has 2 aliphatic rings. The van der Waals surface area contributed by atoms with Crippen molar-refractivity contribution in [3.05, 3.63) is 81.6 Å². The van der Waals surface area contributed by atoms with Crippen molar-refractivity contribution < 1.29 is 9.59 Å². The molecule has 0 radical (unpaired) electrons. The predicted octanol–water partition coefficient (Wildman–Crippen LogP) is 3.71. The van der Waals surface area contributed by atoms with E-state index >= 15 is 0 Å². The van der Waals surface area contributed by atoms with Crippen LogP contribution >= 0.6 is 15.9 Å². The second-order valence-electron chi connectivity index (χ2n) is 8.17. The van der Waals surface area contributed by atoms with Crippen molar-refractivity contribution >= 4 is 27.7 Å². The summed E-state index contributed by atoms with van der Waals surface area (Å²) in [6.45, 7) is 5.06. The third kappa shape index (κ3) is 4.99. The van der Waals surface area contributed by atoms with Crippen LogP contribution in [0.1, 0.15) is 41.1 Å². The maximum atomic E-state index is 13.0. The number of benzene rings is 2. The number of fused-ring (bicyclic) bond motifs is 1. The molecule has 0 saturated carbocycles. The summed E-state index contributed by atoms with van der Waals surface area (Å²) in [5.41, 5.74) is 8.18. The SMILES string of the molecule is Cc1ccc(C2CC3C(=O)N(CCC(=O)NCc4ccc(Br)cc4)C=CN3N2)cc1C. The number of nitrogens with zero attached hydrogens (tertiary/aromatic N) is 2. The summed E-state index contributed by atoms with van der Waals surface area (Å²) < 4.78 is 1.01. The van der Waals surface area contributed by atoms with Gasteiger partial charge in [0, 0.05) is 36.4 Å². The Morgan fingerprint density at radius 1 is 1.13 bits per heavy atom. The van der Waals surface area contributed by atoms with Gasteiger partial charge in [-0.2, -0.15) is 0 Å². The number of hydrogen-bond donors (Lipinski definition) is 2. The minimum atomic E-state index is -0.248. The second-order valence-corrected chi connectivity index (χ2v) is 9.08. The van der Waals surface area contributed by atoms with Crippen LogP contribution in [0.2, 0.25) is 0 Å². The second kappa shape index (κ2) is 9.24. The summed E-state index contributed by atoms with van der Waals surface area (Å²) in [5.74, 6) is -0.0360. The summed E-state index contributed by atoms with van der Waals surface area (Å²) in [4.78, 5) is 26.9. The first-order chi connectivity index (χ1) is 14.9. The average Bonchev–Trinajstić information content (AvgIpc) is 3.20. The van der Waals surface area contributed by atoms with Crippen molar-refractivity contribution in [3.63, 3.8) is 0 Å². The third-order valence-electron chi connectivity index (χ3n) is 5.99. The zero-order valence-electron chi connectivity index (χ0n) is 17.8. The van der Waals surface area contributed by atoms with Gasteiger partial charge in [0.2, 0.25) is 5.91 Å². The van der Waals surface area contributed by atoms with Crippen molar-refractivity contribution in [1.82, 2.24) is 20.7 Å². The maximum Gasteiger partial charge on any atom is 0.250 e. The first-order valence-corrected chi connectivity index (χ1v) is 11.3. The molecule has 2 aromatic carbocycles. The molecule has 0 aliphatic carbocycles. The highest BCUT2D eigenvalue weighted by Crippen LogP contribution is 2.31. The third-order valence-corrected chi connectivity index (χ3v) is 6.52. The Bertz CT molecular complexity index is 1010. The lowest BCUT2D eigenvalue weighted by atomic mass is 9.97. The molecular formula is C24H27BrN4O2. The van der Waals surface area contributed by atoms with Crippen LogP contribution in [0.25, 0.3) is 0 Å². The van der Waals surface area contributed by atoms with Gasteiger partial charge in [-0.1, -0.05) is 46.3 Å². The fourth-order valence-electron chi connectivity index (χ4n) is 3.93. The van der Waals surface area contributed by atoms with Gasteiger partial charge in [0.05, 0.1) is 6.04 Å². The largest absolute Gasteiger partial charge is 0.352 e. The number of carbonyl (C=O) groups excluding carboxylic acids is 2. The van der Waals surface area contributed by atoms with Gasteiger partial charge in [-0.15, -0.1) is 0 Å². The minimum absolute atomic E-state index is 0.0297. The van der Waals surface area contributed by atoms with E-state index in [1.54, 1.807) is 11.1 Å². The highest BCUT2D eigenvalue weighted by atomic mass is 79.9. The molecular weight excluding hydrogens is 456 g/mol. The van der Waals surface area contributed by atoms with Crippen LogP contribution in [0.4, 0.5) is 0 Å². The number of nitrogens with one attached hydrogen (secondary N) is 2. The van der Waals surface area contributed by atoms with E-state index in [9.17, 15) is 9.59 Å². The first-order valence-electron chi connectivity index (χ1n) is 10.5. The smallest absolute Gasteiger partial charge is 0.250 e. The van der Waals surface area contributed by atoms with Gasteiger partial charge in [0.1, 0.15) is 6.04 Å². The standard InChI is InChI=1S/C24H27BrN4O2/c1-16-3-6-19(13-17(16)2)21-14-22-24(31)28(11-12-29(22)27-21)10-9-23(30)26-15-18-4-7-20(25)8-5-18/h3-8,11-13,21-22,27H,9-10,14-15H2,1-2H3,(H,26,30). The monoisotopic (exact) mass is 482 g/mol. The topological polar surface area (TPSA) is 64.7 Å². The molecule has 2 aromatic rings. The maximum absolute atomic E-state index is 13.0. The van der Waals surface area contributed by atoms with E-state index in [1.807, 2.05) is 35.5 Å². The van der Waals surface area contributed by atoms with E-state index in [2.05, 4.69) is 58.7 Å². The van der Waals surface area contributed by atoms with E-state index in [1.165, 1.54) is 16.7 Å². The van der Waals surface area contributed by atoms with Crippen LogP contribution in [0.5, 0.6) is 0 Å². The number of aryl methyl sites for hydroxylation is 2. The summed E-state index contributed by atoms with van der Waals surface area (Å²) >= 11 is 3.40. The van der Waals surface area contributed by atoms with E-state index < -0.39 is 0 Å². The lowest BCUT2D eigenvalue weighted by Crippen LogP contribution is -2.48. The number of hydrazine groups is 1. The van der Waals surface area contributed by atoms with Gasteiger partial charge in [-0.05, 0) is 54.7 Å². The van der Waals surface area contributed by atoms with Crippen molar-refractivity contribution in [3.8, 4) is 0 Å². The Morgan fingerprint density at radius 3 is 2.65 bits per heavy atom. The molecule has 162 valence electrons. The Balaban J connectivity index is 1.29. The van der Waals surface area contributed by atoms with Gasteiger partial charge in [0.15, 0.2) is 0 Å². The van der Waals surface area contributed by atoms with Gasteiger partial charge in [0.25, 0.3) is 5.91 Å². The molecule has 2 atom stereocenters. The van der Waals surface area contributed by atoms with Crippen molar-refractivity contribution in [2.75, 3.05) is 6.54 Å². The molecule has 2 heterocycles. The predicted molar refractivity (Wildman–Crippen MR) is 123 cm³/mol. The summed E-state index contributed by atoms with van der Waals surface area (Å²) in [7, 11) is 0. The van der Waals surface area contributed by atoms with E-state index in [4.69, 9.17) is 0 Å². The Kier molecular flexibility index (Phi) is 6.43. The van der Waals surface area contributed by atoms with Crippen LogP contribution in [-0.2, 0) is 16.1 Å². The first kappa shape index (κ1) is 21.6. The summed E-state index contributed by atoms with van der Waals surface area (Å²) in [5, 5.41) is 4.81. The molecule has 1 saturated heterocycles. The highest BCUT2D eigenvalue weighted by Gasteiger charge is 2.39. The minimum Gasteiger partial charge on any atom is -0.352 e. The zero-order valence-corrected chi connectivity index (χ0v) is 19.4. The van der Waals surface area contributed by atoms with Crippen LogP contribution in [0.15, 0.2) is 59.3 Å². The molecule has 0 spiro atoms. The van der Waals surface area contributed by atoms with Crippen molar-refractivity contribution in [2.24, 2.45) is 0 Å².